The van der Waals surface area contributed by atoms with Crippen LogP contribution >= 0.6 is 23.2 Å². The molecule has 2 aromatic rings. The lowest BCUT2D eigenvalue weighted by atomic mass is 9.66. The SMILES string of the molecule is COc1ccccc1CCC1=C(C(=O)O)C(C)(c2c(Cl)cccc2Cl)C(C(=O)O)=C(CC(=O)N2CCN(C3CC4CC(O)CC4C3)CC2)N1C. The maximum atomic E-state index is 14.1. The van der Waals surface area contributed by atoms with E-state index in [0.29, 0.717) is 48.8 Å². The molecule has 3 fully saturated rings. The van der Waals surface area contributed by atoms with Crippen LogP contribution in [0, 0.1) is 11.8 Å². The van der Waals surface area contributed by atoms with Crippen molar-refractivity contribution in [3.8, 4) is 5.75 Å². The number of amides is 1. The van der Waals surface area contributed by atoms with Crippen molar-refractivity contribution in [3.63, 3.8) is 0 Å². The van der Waals surface area contributed by atoms with Gasteiger partial charge in [0.1, 0.15) is 5.75 Å². The van der Waals surface area contributed by atoms with Gasteiger partial charge in [-0.1, -0.05) is 47.5 Å². The monoisotopic (exact) mass is 725 g/mol. The van der Waals surface area contributed by atoms with Crippen molar-refractivity contribution in [1.29, 1.82) is 0 Å². The van der Waals surface area contributed by atoms with E-state index in [1.807, 2.05) is 24.3 Å². The number of carboxylic acids is 2. The van der Waals surface area contributed by atoms with Gasteiger partial charge in [-0.05, 0) is 81.0 Å². The van der Waals surface area contributed by atoms with E-state index >= 15 is 0 Å². The first-order chi connectivity index (χ1) is 23.8. The molecule has 0 spiro atoms. The number of carbonyl (C=O) groups is 3. The van der Waals surface area contributed by atoms with Crippen LogP contribution < -0.4 is 4.74 Å². The van der Waals surface area contributed by atoms with Crippen molar-refractivity contribution in [3.05, 3.63) is 86.2 Å². The number of para-hydroxylation sites is 1. The number of carbonyl (C=O) groups excluding carboxylic acids is 1. The van der Waals surface area contributed by atoms with Gasteiger partial charge in [-0.2, -0.15) is 0 Å². The highest BCUT2D eigenvalue weighted by Gasteiger charge is 2.52. The minimum absolute atomic E-state index is 0.124. The summed E-state index contributed by atoms with van der Waals surface area (Å²) in [6.45, 7) is 4.00. The molecule has 50 heavy (non-hydrogen) atoms. The summed E-state index contributed by atoms with van der Waals surface area (Å²) in [4.78, 5) is 46.6. The third kappa shape index (κ3) is 6.63. The number of aliphatic hydroxyl groups excluding tert-OH is 1. The fourth-order valence-electron chi connectivity index (χ4n) is 9.21. The molecule has 2 aliphatic carbocycles. The zero-order valence-corrected chi connectivity index (χ0v) is 30.2. The quantitative estimate of drug-likeness (QED) is 0.287. The van der Waals surface area contributed by atoms with E-state index in [1.54, 1.807) is 42.2 Å². The number of carboxylic acid groups (broad SMARTS) is 2. The molecule has 0 radical (unpaired) electrons. The van der Waals surface area contributed by atoms with Gasteiger partial charge in [0.05, 0.1) is 36.2 Å². The van der Waals surface area contributed by atoms with Crippen LogP contribution in [-0.4, -0.2) is 100 Å². The number of rotatable bonds is 10. The zero-order chi connectivity index (χ0) is 35.9. The molecule has 2 saturated carbocycles. The Morgan fingerprint density at radius 2 is 1.42 bits per heavy atom. The molecule has 3 N–H and O–H groups in total. The normalized spacial score (nSPS) is 27.2. The highest BCUT2D eigenvalue weighted by atomic mass is 35.5. The molecular weight excluding hydrogens is 681 g/mol. The number of hydrogen-bond acceptors (Lipinski definition) is 7. The predicted molar refractivity (Wildman–Crippen MR) is 190 cm³/mol. The summed E-state index contributed by atoms with van der Waals surface area (Å²) in [6.07, 6.45) is 4.09. The van der Waals surface area contributed by atoms with E-state index in [4.69, 9.17) is 27.9 Å². The minimum Gasteiger partial charge on any atom is -0.496 e. The number of allylic oxidation sites excluding steroid dienone is 1. The second kappa shape index (κ2) is 14.6. The number of aryl methyl sites for hydroxylation is 1. The summed E-state index contributed by atoms with van der Waals surface area (Å²) in [7, 11) is 3.20. The molecule has 0 aromatic heterocycles. The maximum Gasteiger partial charge on any atom is 0.334 e. The first kappa shape index (κ1) is 36.2. The number of fused-ring (bicyclic) bond motifs is 1. The lowest BCUT2D eigenvalue weighted by Crippen LogP contribution is -2.52. The van der Waals surface area contributed by atoms with Crippen LogP contribution in [0.2, 0.25) is 10.0 Å². The lowest BCUT2D eigenvalue weighted by Gasteiger charge is -2.44. The van der Waals surface area contributed by atoms with Gasteiger partial charge in [0.2, 0.25) is 5.91 Å². The van der Waals surface area contributed by atoms with Gasteiger partial charge < -0.3 is 29.9 Å². The van der Waals surface area contributed by atoms with Crippen LogP contribution in [0.4, 0.5) is 0 Å². The van der Waals surface area contributed by atoms with E-state index in [9.17, 15) is 29.7 Å². The van der Waals surface area contributed by atoms with Gasteiger partial charge in [-0.25, -0.2) is 9.59 Å². The Morgan fingerprint density at radius 3 is 2.00 bits per heavy atom. The fraction of sp³-hybridized carbons (Fsp3) is 0.500. The highest BCUT2D eigenvalue weighted by Crippen LogP contribution is 2.52. The topological polar surface area (TPSA) is 131 Å². The Bertz CT molecular complexity index is 1700. The summed E-state index contributed by atoms with van der Waals surface area (Å²) < 4.78 is 5.55. The Labute approximate surface area is 302 Å². The average molecular weight is 727 g/mol. The molecule has 3 unspecified atom stereocenters. The second-order valence-electron chi connectivity index (χ2n) is 14.2. The number of halogens is 2. The molecule has 2 heterocycles. The number of hydrogen-bond donors (Lipinski definition) is 3. The molecular formula is C38H45Cl2N3O7. The summed E-state index contributed by atoms with van der Waals surface area (Å²) >= 11 is 13.5. The van der Waals surface area contributed by atoms with Crippen LogP contribution in [0.25, 0.3) is 0 Å². The second-order valence-corrected chi connectivity index (χ2v) is 15.0. The summed E-state index contributed by atoms with van der Waals surface area (Å²) in [6, 6.07) is 12.6. The zero-order valence-electron chi connectivity index (χ0n) is 28.7. The molecule has 2 aliphatic heterocycles. The molecule has 3 atom stereocenters. The van der Waals surface area contributed by atoms with E-state index < -0.39 is 17.4 Å². The van der Waals surface area contributed by atoms with Gasteiger partial charge in [0.25, 0.3) is 0 Å². The number of piperazine rings is 1. The van der Waals surface area contributed by atoms with Gasteiger partial charge in [0.15, 0.2) is 0 Å². The maximum absolute atomic E-state index is 14.1. The number of aliphatic carboxylic acids is 2. The molecule has 1 saturated heterocycles. The standard InChI is InChI=1S/C38H45Cl2N3O7/c1-38(33-27(39)8-6-9-28(33)40)34(36(46)47)29(12-11-22-7-4-5-10-31(22)50-3)41(2)30(35(38)37(48)49)21-32(45)43-15-13-42(14-16-43)25-17-23-19-26(44)20-24(23)18-25/h4-10,23-26,44H,11-21H2,1-3H3,(H,46,47)(H,48,49). The first-order valence-electron chi connectivity index (χ1n) is 17.3. The van der Waals surface area contributed by atoms with Crippen LogP contribution in [0.3, 0.4) is 0 Å². The molecule has 12 heteroatoms. The van der Waals surface area contributed by atoms with E-state index in [2.05, 4.69) is 4.90 Å². The highest BCUT2D eigenvalue weighted by molar-refractivity contribution is 6.36. The van der Waals surface area contributed by atoms with E-state index in [0.717, 1.165) is 44.3 Å². The van der Waals surface area contributed by atoms with Crippen LogP contribution in [0.15, 0.2) is 65.0 Å². The number of benzene rings is 2. The average Bonchev–Trinajstić information content (AvgIpc) is 3.63. The smallest absolute Gasteiger partial charge is 0.334 e. The van der Waals surface area contributed by atoms with Crippen LogP contribution in [0.1, 0.15) is 56.6 Å². The van der Waals surface area contributed by atoms with E-state index in [1.165, 1.54) is 6.92 Å². The molecule has 10 nitrogen and oxygen atoms in total. The Balaban J connectivity index is 1.33. The van der Waals surface area contributed by atoms with Crippen molar-refractivity contribution in [2.75, 3.05) is 40.3 Å². The molecule has 268 valence electrons. The van der Waals surface area contributed by atoms with Crippen molar-refractivity contribution < 1.29 is 34.4 Å². The third-order valence-corrected chi connectivity index (χ3v) is 12.2. The van der Waals surface area contributed by atoms with Crippen molar-refractivity contribution in [2.24, 2.45) is 11.8 Å². The Morgan fingerprint density at radius 1 is 0.840 bits per heavy atom. The van der Waals surface area contributed by atoms with Gasteiger partial charge >= 0.3 is 11.9 Å². The number of aliphatic hydroxyl groups is 1. The predicted octanol–water partition coefficient (Wildman–Crippen LogP) is 5.60. The Hall–Kier alpha value is -3.57. The molecule has 0 bridgehead atoms. The van der Waals surface area contributed by atoms with Crippen molar-refractivity contribution in [1.82, 2.24) is 14.7 Å². The number of nitrogens with zero attached hydrogens (tertiary/aromatic N) is 3. The van der Waals surface area contributed by atoms with Crippen molar-refractivity contribution in [2.45, 2.75) is 69.4 Å². The van der Waals surface area contributed by atoms with Crippen LogP contribution in [-0.2, 0) is 26.2 Å². The first-order valence-corrected chi connectivity index (χ1v) is 18.0. The van der Waals surface area contributed by atoms with Gasteiger partial charge in [-0.3, -0.25) is 9.69 Å². The molecule has 4 aliphatic rings. The Kier molecular flexibility index (Phi) is 10.6. The lowest BCUT2D eigenvalue weighted by molar-refractivity contribution is -0.134. The van der Waals surface area contributed by atoms with Gasteiger partial charge in [-0.15, -0.1) is 0 Å². The number of methoxy groups -OCH3 is 1. The third-order valence-electron chi connectivity index (χ3n) is 11.6. The number of ether oxygens (including phenoxy) is 1. The largest absolute Gasteiger partial charge is 0.496 e. The van der Waals surface area contributed by atoms with E-state index in [-0.39, 0.29) is 57.3 Å². The summed E-state index contributed by atoms with van der Waals surface area (Å²) in [5.74, 6) is -1.11. The fourth-order valence-corrected chi connectivity index (χ4v) is 9.98. The van der Waals surface area contributed by atoms with Crippen molar-refractivity contribution >= 4 is 41.0 Å². The molecule has 1 amide bonds. The molecule has 6 rings (SSSR count). The van der Waals surface area contributed by atoms with Crippen LogP contribution in [0.5, 0.6) is 5.75 Å². The minimum atomic E-state index is -1.81. The molecule has 2 aromatic carbocycles. The van der Waals surface area contributed by atoms with Gasteiger partial charge in [0, 0.05) is 66.3 Å². The summed E-state index contributed by atoms with van der Waals surface area (Å²) in [5.41, 5.74) is -0.654. The summed E-state index contributed by atoms with van der Waals surface area (Å²) in [5, 5.41) is 32.0.